The molecule has 0 aromatic carbocycles. The van der Waals surface area contributed by atoms with E-state index < -0.39 is 0 Å². The molecule has 1 unspecified atom stereocenters. The molecule has 94 valence electrons. The van der Waals surface area contributed by atoms with Crippen molar-refractivity contribution in [3.63, 3.8) is 0 Å². The molecular formula is C11H22N2O2S. The maximum absolute atomic E-state index is 12.0. The highest BCUT2D eigenvalue weighted by Gasteiger charge is 2.26. The number of hydrogen-bond donors (Lipinski definition) is 1. The zero-order valence-corrected chi connectivity index (χ0v) is 11.0. The SMILES string of the molecule is CCC1CN(C(=O)[C@@H](N)CCSC)CCO1. The molecule has 5 heteroatoms. The monoisotopic (exact) mass is 246 g/mol. The molecule has 0 saturated carbocycles. The maximum Gasteiger partial charge on any atom is 0.239 e. The van der Waals surface area contributed by atoms with Gasteiger partial charge in [-0.3, -0.25) is 4.79 Å². The summed E-state index contributed by atoms with van der Waals surface area (Å²) >= 11 is 1.72. The van der Waals surface area contributed by atoms with Gasteiger partial charge in [-0.05, 0) is 24.9 Å². The molecule has 4 nitrogen and oxygen atoms in total. The third-order valence-electron chi connectivity index (χ3n) is 2.86. The van der Waals surface area contributed by atoms with Crippen LogP contribution in [0.5, 0.6) is 0 Å². The first kappa shape index (κ1) is 13.8. The third kappa shape index (κ3) is 3.96. The molecule has 1 amide bonds. The molecular weight excluding hydrogens is 224 g/mol. The van der Waals surface area contributed by atoms with Crippen molar-refractivity contribution in [1.82, 2.24) is 4.90 Å². The highest BCUT2D eigenvalue weighted by Crippen LogP contribution is 2.10. The minimum absolute atomic E-state index is 0.0794. The van der Waals surface area contributed by atoms with Gasteiger partial charge >= 0.3 is 0 Å². The standard InChI is InChI=1S/C11H22N2O2S/c1-3-9-8-13(5-6-15-9)11(14)10(12)4-7-16-2/h9-10H,3-8,12H2,1-2H3/t9?,10-/m0/s1. The van der Waals surface area contributed by atoms with Gasteiger partial charge < -0.3 is 15.4 Å². The molecule has 1 heterocycles. The lowest BCUT2D eigenvalue weighted by atomic mass is 10.1. The lowest BCUT2D eigenvalue weighted by molar-refractivity contribution is -0.140. The van der Waals surface area contributed by atoms with Gasteiger partial charge in [0.25, 0.3) is 0 Å². The summed E-state index contributed by atoms with van der Waals surface area (Å²) in [6.07, 6.45) is 3.92. The summed E-state index contributed by atoms with van der Waals surface area (Å²) in [5, 5.41) is 0. The number of morpholine rings is 1. The Morgan fingerprint density at radius 1 is 1.69 bits per heavy atom. The summed E-state index contributed by atoms with van der Waals surface area (Å²) in [5.74, 6) is 1.02. The molecule has 1 aliphatic rings. The topological polar surface area (TPSA) is 55.6 Å². The second-order valence-corrected chi connectivity index (χ2v) is 5.06. The molecule has 16 heavy (non-hydrogen) atoms. The van der Waals surface area contributed by atoms with E-state index >= 15 is 0 Å². The number of hydrogen-bond acceptors (Lipinski definition) is 4. The normalized spacial score (nSPS) is 23.2. The largest absolute Gasteiger partial charge is 0.375 e. The summed E-state index contributed by atoms with van der Waals surface area (Å²) in [6.45, 7) is 4.09. The van der Waals surface area contributed by atoms with Crippen LogP contribution in [0, 0.1) is 0 Å². The van der Waals surface area contributed by atoms with Crippen LogP contribution in [-0.4, -0.2) is 54.7 Å². The maximum atomic E-state index is 12.0. The van der Waals surface area contributed by atoms with Gasteiger partial charge in [-0.25, -0.2) is 0 Å². The third-order valence-corrected chi connectivity index (χ3v) is 3.50. The van der Waals surface area contributed by atoms with E-state index in [1.54, 1.807) is 11.8 Å². The fourth-order valence-electron chi connectivity index (χ4n) is 1.77. The van der Waals surface area contributed by atoms with Gasteiger partial charge in [0.15, 0.2) is 0 Å². The fraction of sp³-hybridized carbons (Fsp3) is 0.909. The van der Waals surface area contributed by atoms with Crippen molar-refractivity contribution in [2.45, 2.75) is 31.9 Å². The van der Waals surface area contributed by atoms with Gasteiger partial charge in [-0.15, -0.1) is 0 Å². The molecule has 0 aromatic rings. The Bertz CT molecular complexity index is 226. The molecule has 1 saturated heterocycles. The minimum atomic E-state index is -0.344. The molecule has 1 aliphatic heterocycles. The van der Waals surface area contributed by atoms with Gasteiger partial charge in [-0.1, -0.05) is 6.92 Å². The Morgan fingerprint density at radius 2 is 2.44 bits per heavy atom. The number of rotatable bonds is 5. The number of amides is 1. The average Bonchev–Trinajstić information content (AvgIpc) is 2.35. The highest BCUT2D eigenvalue weighted by molar-refractivity contribution is 7.98. The van der Waals surface area contributed by atoms with Crippen molar-refractivity contribution in [2.75, 3.05) is 31.7 Å². The van der Waals surface area contributed by atoms with Crippen LogP contribution in [-0.2, 0) is 9.53 Å². The summed E-state index contributed by atoms with van der Waals surface area (Å²) in [5.41, 5.74) is 5.88. The van der Waals surface area contributed by atoms with E-state index in [0.717, 1.165) is 18.6 Å². The first-order valence-electron chi connectivity index (χ1n) is 5.84. The molecule has 0 bridgehead atoms. The Kier molecular flexibility index (Phi) is 6.16. The second kappa shape index (κ2) is 7.14. The van der Waals surface area contributed by atoms with E-state index in [4.69, 9.17) is 10.5 Å². The van der Waals surface area contributed by atoms with Gasteiger partial charge in [0.2, 0.25) is 5.91 Å². The van der Waals surface area contributed by atoms with Gasteiger partial charge in [0.05, 0.1) is 18.8 Å². The molecule has 1 rings (SSSR count). The number of thioether (sulfide) groups is 1. The van der Waals surface area contributed by atoms with Crippen LogP contribution in [0.2, 0.25) is 0 Å². The van der Waals surface area contributed by atoms with Gasteiger partial charge in [0.1, 0.15) is 0 Å². The Morgan fingerprint density at radius 3 is 3.06 bits per heavy atom. The Balaban J connectivity index is 2.40. The van der Waals surface area contributed by atoms with E-state index in [0.29, 0.717) is 19.7 Å². The van der Waals surface area contributed by atoms with Crippen LogP contribution in [0.4, 0.5) is 0 Å². The van der Waals surface area contributed by atoms with E-state index in [1.807, 2.05) is 11.2 Å². The number of nitrogens with zero attached hydrogens (tertiary/aromatic N) is 1. The molecule has 0 radical (unpaired) electrons. The van der Waals surface area contributed by atoms with Gasteiger partial charge in [-0.2, -0.15) is 11.8 Å². The van der Waals surface area contributed by atoms with Crippen molar-refractivity contribution < 1.29 is 9.53 Å². The van der Waals surface area contributed by atoms with Crippen LogP contribution in [0.1, 0.15) is 19.8 Å². The predicted octanol–water partition coefficient (Wildman–Crippen LogP) is 0.704. The number of ether oxygens (including phenoxy) is 1. The Labute approximate surface area is 102 Å². The molecule has 1 fully saturated rings. The Hall–Kier alpha value is -0.260. The zero-order chi connectivity index (χ0) is 12.0. The lowest BCUT2D eigenvalue weighted by Crippen LogP contribution is -2.51. The summed E-state index contributed by atoms with van der Waals surface area (Å²) in [4.78, 5) is 13.9. The number of carbonyl (C=O) groups is 1. The fourth-order valence-corrected chi connectivity index (χ4v) is 2.26. The summed E-state index contributed by atoms with van der Waals surface area (Å²) < 4.78 is 5.53. The minimum Gasteiger partial charge on any atom is -0.375 e. The average molecular weight is 246 g/mol. The first-order valence-corrected chi connectivity index (χ1v) is 7.23. The smallest absolute Gasteiger partial charge is 0.239 e. The quantitative estimate of drug-likeness (QED) is 0.776. The van der Waals surface area contributed by atoms with Crippen LogP contribution >= 0.6 is 11.8 Å². The first-order chi connectivity index (χ1) is 7.69. The molecule has 2 atom stereocenters. The van der Waals surface area contributed by atoms with Crippen molar-refractivity contribution in [3.8, 4) is 0 Å². The second-order valence-electron chi connectivity index (χ2n) is 4.07. The summed E-state index contributed by atoms with van der Waals surface area (Å²) in [6, 6.07) is -0.344. The summed E-state index contributed by atoms with van der Waals surface area (Å²) in [7, 11) is 0. The number of nitrogens with two attached hydrogens (primary N) is 1. The van der Waals surface area contributed by atoms with Crippen LogP contribution in [0.15, 0.2) is 0 Å². The van der Waals surface area contributed by atoms with E-state index in [9.17, 15) is 4.79 Å². The van der Waals surface area contributed by atoms with Crippen LogP contribution < -0.4 is 5.73 Å². The highest BCUT2D eigenvalue weighted by atomic mass is 32.2. The predicted molar refractivity (Wildman–Crippen MR) is 67.6 cm³/mol. The lowest BCUT2D eigenvalue weighted by Gasteiger charge is -2.34. The van der Waals surface area contributed by atoms with Crippen molar-refractivity contribution in [2.24, 2.45) is 5.73 Å². The zero-order valence-electron chi connectivity index (χ0n) is 10.1. The van der Waals surface area contributed by atoms with Crippen LogP contribution in [0.25, 0.3) is 0 Å². The van der Waals surface area contributed by atoms with Crippen molar-refractivity contribution in [1.29, 1.82) is 0 Å². The molecule has 0 spiro atoms. The van der Waals surface area contributed by atoms with Crippen molar-refractivity contribution in [3.05, 3.63) is 0 Å². The molecule has 0 aliphatic carbocycles. The molecule has 2 N–H and O–H groups in total. The van der Waals surface area contributed by atoms with E-state index in [-0.39, 0.29) is 18.1 Å². The van der Waals surface area contributed by atoms with Crippen LogP contribution in [0.3, 0.4) is 0 Å². The van der Waals surface area contributed by atoms with Gasteiger partial charge in [0, 0.05) is 13.1 Å². The van der Waals surface area contributed by atoms with E-state index in [2.05, 4.69) is 6.92 Å². The van der Waals surface area contributed by atoms with E-state index in [1.165, 1.54) is 0 Å². The molecule has 0 aromatic heterocycles. The van der Waals surface area contributed by atoms with Crippen molar-refractivity contribution >= 4 is 17.7 Å². The number of carbonyl (C=O) groups excluding carboxylic acids is 1.